The van der Waals surface area contributed by atoms with E-state index in [0.717, 1.165) is 17.5 Å². The molecule has 138 valence electrons. The molecule has 0 unspecified atom stereocenters. The Labute approximate surface area is 157 Å². The molecule has 1 atom stereocenters. The third-order valence-corrected chi connectivity index (χ3v) is 5.44. The van der Waals surface area contributed by atoms with Crippen LogP contribution in [-0.2, 0) is 23.3 Å². The Hall–Kier alpha value is -3.15. The number of urea groups is 1. The Balaban J connectivity index is 1.69. The second-order valence-corrected chi connectivity index (χ2v) is 6.97. The number of carbonyl (C=O) groups excluding carboxylic acids is 3. The topological polar surface area (TPSA) is 75.7 Å². The summed E-state index contributed by atoms with van der Waals surface area (Å²) < 4.78 is 5.35. The molecule has 1 fully saturated rings. The molecular weight excluding hydrogens is 344 g/mol. The SMILES string of the molecule is COc1ccc(C(C)=O)cc1CN1C(=O)N[C@@]2(CCc3ccccc32)C1=O. The number of fused-ring (bicyclic) bond motifs is 2. The van der Waals surface area contributed by atoms with E-state index in [0.29, 0.717) is 23.3 Å². The van der Waals surface area contributed by atoms with Crippen molar-refractivity contribution in [2.24, 2.45) is 0 Å². The highest BCUT2D eigenvalue weighted by molar-refractivity contribution is 6.08. The molecule has 1 saturated heterocycles. The number of hydrogen-bond donors (Lipinski definition) is 1. The molecule has 0 radical (unpaired) electrons. The summed E-state index contributed by atoms with van der Waals surface area (Å²) in [6.45, 7) is 1.53. The molecule has 1 aliphatic heterocycles. The van der Waals surface area contributed by atoms with Crippen LogP contribution in [0.25, 0.3) is 0 Å². The van der Waals surface area contributed by atoms with Crippen molar-refractivity contribution in [1.29, 1.82) is 0 Å². The van der Waals surface area contributed by atoms with Crippen molar-refractivity contribution in [3.8, 4) is 5.75 Å². The molecule has 0 aromatic heterocycles. The number of ether oxygens (including phenoxy) is 1. The minimum absolute atomic E-state index is 0.0544. The summed E-state index contributed by atoms with van der Waals surface area (Å²) >= 11 is 0. The lowest BCUT2D eigenvalue weighted by molar-refractivity contribution is -0.132. The molecular formula is C21H20N2O4. The molecule has 1 N–H and O–H groups in total. The number of ketones is 1. The summed E-state index contributed by atoms with van der Waals surface area (Å²) in [6, 6.07) is 12.3. The maximum atomic E-state index is 13.3. The molecule has 2 aromatic rings. The Morgan fingerprint density at radius 2 is 2.00 bits per heavy atom. The quantitative estimate of drug-likeness (QED) is 0.669. The fourth-order valence-electron chi connectivity index (χ4n) is 4.02. The van der Waals surface area contributed by atoms with E-state index in [9.17, 15) is 14.4 Å². The van der Waals surface area contributed by atoms with Gasteiger partial charge in [0.05, 0.1) is 13.7 Å². The highest BCUT2D eigenvalue weighted by atomic mass is 16.5. The van der Waals surface area contributed by atoms with Crippen molar-refractivity contribution in [2.45, 2.75) is 31.8 Å². The predicted octanol–water partition coefficient (Wildman–Crippen LogP) is 2.79. The average molecular weight is 364 g/mol. The fraction of sp³-hybridized carbons (Fsp3) is 0.286. The summed E-state index contributed by atoms with van der Waals surface area (Å²) in [4.78, 5) is 38.8. The van der Waals surface area contributed by atoms with E-state index in [2.05, 4.69) is 5.32 Å². The van der Waals surface area contributed by atoms with Gasteiger partial charge >= 0.3 is 6.03 Å². The first kappa shape index (κ1) is 17.3. The molecule has 1 spiro atoms. The number of nitrogens with one attached hydrogen (secondary N) is 1. The first-order valence-corrected chi connectivity index (χ1v) is 8.86. The predicted molar refractivity (Wildman–Crippen MR) is 98.5 cm³/mol. The average Bonchev–Trinajstić information content (AvgIpc) is 3.15. The Bertz CT molecular complexity index is 968. The van der Waals surface area contributed by atoms with Gasteiger partial charge in [0, 0.05) is 11.1 Å². The van der Waals surface area contributed by atoms with E-state index >= 15 is 0 Å². The summed E-state index contributed by atoms with van der Waals surface area (Å²) in [7, 11) is 1.52. The molecule has 2 aliphatic rings. The number of benzene rings is 2. The second kappa shape index (κ2) is 6.23. The van der Waals surface area contributed by atoms with Crippen LogP contribution in [0, 0.1) is 0 Å². The highest BCUT2D eigenvalue weighted by Crippen LogP contribution is 2.41. The van der Waals surface area contributed by atoms with Crippen LogP contribution in [0.1, 0.15) is 40.4 Å². The number of carbonyl (C=O) groups is 3. The van der Waals surface area contributed by atoms with Gasteiger partial charge in [-0.25, -0.2) is 4.79 Å². The number of hydrogen-bond acceptors (Lipinski definition) is 4. The fourth-order valence-corrected chi connectivity index (χ4v) is 4.02. The normalized spacial score (nSPS) is 20.7. The highest BCUT2D eigenvalue weighted by Gasteiger charge is 2.55. The summed E-state index contributed by atoms with van der Waals surface area (Å²) in [5, 5.41) is 2.91. The van der Waals surface area contributed by atoms with Crippen molar-refractivity contribution in [3.63, 3.8) is 0 Å². The molecule has 6 heteroatoms. The van der Waals surface area contributed by atoms with Crippen molar-refractivity contribution in [2.75, 3.05) is 7.11 Å². The first-order chi connectivity index (χ1) is 13.0. The summed E-state index contributed by atoms with van der Waals surface area (Å²) in [6.07, 6.45) is 1.30. The molecule has 0 saturated carbocycles. The molecule has 0 bridgehead atoms. The van der Waals surface area contributed by atoms with Crippen LogP contribution < -0.4 is 10.1 Å². The summed E-state index contributed by atoms with van der Waals surface area (Å²) in [5.41, 5.74) is 2.11. The van der Waals surface area contributed by atoms with E-state index in [4.69, 9.17) is 4.74 Å². The van der Waals surface area contributed by atoms with Crippen molar-refractivity contribution >= 4 is 17.7 Å². The van der Waals surface area contributed by atoms with E-state index in [1.165, 1.54) is 18.9 Å². The standard InChI is InChI=1S/C21H20N2O4/c1-13(24)15-7-8-18(27-2)16(11-15)12-23-19(25)21(22-20(23)26)10-9-14-5-3-4-6-17(14)21/h3-8,11H,9-10,12H2,1-2H3,(H,22,26)/t21-/m1/s1. The van der Waals surface area contributed by atoms with Crippen LogP contribution in [0.2, 0.25) is 0 Å². The van der Waals surface area contributed by atoms with Gasteiger partial charge in [-0.2, -0.15) is 0 Å². The third kappa shape index (κ3) is 2.60. The van der Waals surface area contributed by atoms with Crippen LogP contribution in [0.3, 0.4) is 0 Å². The van der Waals surface area contributed by atoms with Gasteiger partial charge in [0.1, 0.15) is 11.3 Å². The largest absolute Gasteiger partial charge is 0.496 e. The van der Waals surface area contributed by atoms with E-state index in [1.54, 1.807) is 18.2 Å². The number of methoxy groups -OCH3 is 1. The zero-order valence-electron chi connectivity index (χ0n) is 15.2. The van der Waals surface area contributed by atoms with Gasteiger partial charge in [-0.05, 0) is 49.1 Å². The maximum Gasteiger partial charge on any atom is 0.325 e. The smallest absolute Gasteiger partial charge is 0.325 e. The van der Waals surface area contributed by atoms with Gasteiger partial charge in [-0.15, -0.1) is 0 Å². The zero-order valence-corrected chi connectivity index (χ0v) is 15.2. The van der Waals surface area contributed by atoms with E-state index in [-0.39, 0.29) is 18.2 Å². The Kier molecular flexibility index (Phi) is 3.98. The molecule has 4 rings (SSSR count). The number of aryl methyl sites for hydroxylation is 1. The van der Waals surface area contributed by atoms with Crippen LogP contribution >= 0.6 is 0 Å². The minimum Gasteiger partial charge on any atom is -0.496 e. The van der Waals surface area contributed by atoms with Crippen molar-refractivity contribution in [3.05, 3.63) is 64.7 Å². The third-order valence-electron chi connectivity index (χ3n) is 5.44. The van der Waals surface area contributed by atoms with Crippen LogP contribution in [-0.4, -0.2) is 29.7 Å². The first-order valence-electron chi connectivity index (χ1n) is 8.86. The molecule has 1 aliphatic carbocycles. The number of imide groups is 1. The lowest BCUT2D eigenvalue weighted by Gasteiger charge is -2.22. The van der Waals surface area contributed by atoms with Crippen molar-refractivity contribution < 1.29 is 19.1 Å². The van der Waals surface area contributed by atoms with Crippen molar-refractivity contribution in [1.82, 2.24) is 10.2 Å². The van der Waals surface area contributed by atoms with Gasteiger partial charge in [-0.1, -0.05) is 24.3 Å². The van der Waals surface area contributed by atoms with Gasteiger partial charge in [-0.3, -0.25) is 14.5 Å². The molecule has 6 nitrogen and oxygen atoms in total. The Morgan fingerprint density at radius 3 is 2.74 bits per heavy atom. The maximum absolute atomic E-state index is 13.3. The monoisotopic (exact) mass is 364 g/mol. The zero-order chi connectivity index (χ0) is 19.2. The van der Waals surface area contributed by atoms with Gasteiger partial charge in [0.2, 0.25) is 0 Å². The molecule has 27 heavy (non-hydrogen) atoms. The molecule has 3 amide bonds. The van der Waals surface area contributed by atoms with Gasteiger partial charge in [0.25, 0.3) is 5.91 Å². The lowest BCUT2D eigenvalue weighted by Crippen LogP contribution is -2.41. The minimum atomic E-state index is -0.987. The summed E-state index contributed by atoms with van der Waals surface area (Å²) in [5.74, 6) is 0.193. The van der Waals surface area contributed by atoms with E-state index in [1.807, 2.05) is 24.3 Å². The number of Topliss-reactive ketones (excluding diaryl/α,β-unsaturated/α-hetero) is 1. The van der Waals surface area contributed by atoms with Gasteiger partial charge < -0.3 is 10.1 Å². The van der Waals surface area contributed by atoms with E-state index < -0.39 is 11.6 Å². The number of amides is 3. The molecule has 2 aromatic carbocycles. The van der Waals surface area contributed by atoms with Crippen LogP contribution in [0.15, 0.2) is 42.5 Å². The number of rotatable bonds is 4. The Morgan fingerprint density at radius 1 is 1.22 bits per heavy atom. The second-order valence-electron chi connectivity index (χ2n) is 6.97. The molecule has 1 heterocycles. The lowest BCUT2D eigenvalue weighted by atomic mass is 9.92. The number of nitrogens with zero attached hydrogens (tertiary/aromatic N) is 1. The van der Waals surface area contributed by atoms with Crippen LogP contribution in [0.5, 0.6) is 5.75 Å². The van der Waals surface area contributed by atoms with Crippen LogP contribution in [0.4, 0.5) is 4.79 Å². The van der Waals surface area contributed by atoms with Gasteiger partial charge in [0.15, 0.2) is 5.78 Å².